The highest BCUT2D eigenvalue weighted by atomic mass is 16.2. The number of amides is 2. The van der Waals surface area contributed by atoms with E-state index in [1.165, 1.54) is 10.5 Å². The molecule has 24 heavy (non-hydrogen) atoms. The van der Waals surface area contributed by atoms with Gasteiger partial charge in [0.2, 0.25) is 0 Å². The van der Waals surface area contributed by atoms with Crippen LogP contribution in [0.15, 0.2) is 36.7 Å². The maximum atomic E-state index is 12.3. The molecule has 0 aliphatic carbocycles. The van der Waals surface area contributed by atoms with E-state index in [0.29, 0.717) is 11.6 Å². The van der Waals surface area contributed by atoms with Gasteiger partial charge in [-0.1, -0.05) is 26.0 Å². The third-order valence-corrected chi connectivity index (χ3v) is 4.14. The van der Waals surface area contributed by atoms with Crippen LogP contribution in [0.25, 0.3) is 0 Å². The van der Waals surface area contributed by atoms with Gasteiger partial charge in [0.15, 0.2) is 0 Å². The molecular weight excluding hydrogens is 304 g/mol. The Morgan fingerprint density at radius 2 is 1.75 bits per heavy atom. The minimum absolute atomic E-state index is 0.236. The summed E-state index contributed by atoms with van der Waals surface area (Å²) in [5.41, 5.74) is 2.67. The summed E-state index contributed by atoms with van der Waals surface area (Å²) >= 11 is 0. The lowest BCUT2D eigenvalue weighted by molar-refractivity contribution is -0.143. The van der Waals surface area contributed by atoms with Gasteiger partial charge in [-0.3, -0.25) is 14.3 Å². The molecule has 1 N–H and O–H groups in total. The first-order valence-corrected chi connectivity index (χ1v) is 7.96. The second-order valence-electron chi connectivity index (χ2n) is 6.27. The number of hydrogen-bond acceptors (Lipinski definition) is 3. The number of anilines is 1. The van der Waals surface area contributed by atoms with E-state index in [9.17, 15) is 9.59 Å². The number of rotatable bonds is 4. The van der Waals surface area contributed by atoms with Gasteiger partial charge >= 0.3 is 11.8 Å². The van der Waals surface area contributed by atoms with Crippen LogP contribution < -0.4 is 5.32 Å². The molecule has 1 aromatic heterocycles. The first-order chi connectivity index (χ1) is 11.3. The van der Waals surface area contributed by atoms with Crippen LogP contribution >= 0.6 is 0 Å². The molecule has 6 nitrogen and oxygen atoms in total. The van der Waals surface area contributed by atoms with Gasteiger partial charge in [-0.15, -0.1) is 0 Å². The molecule has 0 saturated heterocycles. The van der Waals surface area contributed by atoms with Gasteiger partial charge in [0.25, 0.3) is 0 Å². The van der Waals surface area contributed by atoms with Crippen LogP contribution in [0.2, 0.25) is 0 Å². The summed E-state index contributed by atoms with van der Waals surface area (Å²) in [4.78, 5) is 25.9. The van der Waals surface area contributed by atoms with Crippen LogP contribution in [-0.4, -0.2) is 33.5 Å². The van der Waals surface area contributed by atoms with Crippen LogP contribution in [0.3, 0.4) is 0 Å². The number of carbonyl (C=O) groups is 2. The molecule has 128 valence electrons. The van der Waals surface area contributed by atoms with Crippen LogP contribution in [0.4, 0.5) is 5.69 Å². The van der Waals surface area contributed by atoms with E-state index >= 15 is 0 Å². The molecule has 0 aliphatic heterocycles. The van der Waals surface area contributed by atoms with Crippen LogP contribution in [0.1, 0.15) is 43.9 Å². The standard InChI is InChI=1S/C18H24N4O2/c1-12(2)14-6-8-16(9-7-14)20-17(23)18(24)22(5)13(3)15-10-19-21(4)11-15/h6-13H,1-5H3,(H,20,23). The summed E-state index contributed by atoms with van der Waals surface area (Å²) in [6.45, 7) is 6.07. The molecule has 1 aromatic carbocycles. The Kier molecular flexibility index (Phi) is 5.39. The van der Waals surface area contributed by atoms with Crippen LogP contribution in [0.5, 0.6) is 0 Å². The van der Waals surface area contributed by atoms with Crippen molar-refractivity contribution in [2.45, 2.75) is 32.7 Å². The zero-order chi connectivity index (χ0) is 17.9. The second kappa shape index (κ2) is 7.29. The highest BCUT2D eigenvalue weighted by Gasteiger charge is 2.24. The normalized spacial score (nSPS) is 12.1. The second-order valence-corrected chi connectivity index (χ2v) is 6.27. The lowest BCUT2D eigenvalue weighted by Crippen LogP contribution is -2.38. The minimum atomic E-state index is -0.648. The number of carbonyl (C=O) groups excluding carboxylic acids is 2. The highest BCUT2D eigenvalue weighted by Crippen LogP contribution is 2.19. The number of aromatic nitrogens is 2. The summed E-state index contributed by atoms with van der Waals surface area (Å²) in [7, 11) is 3.42. The predicted molar refractivity (Wildman–Crippen MR) is 93.6 cm³/mol. The fraction of sp³-hybridized carbons (Fsp3) is 0.389. The van der Waals surface area contributed by atoms with Gasteiger partial charge in [-0.05, 0) is 30.5 Å². The van der Waals surface area contributed by atoms with Crippen molar-refractivity contribution in [3.05, 3.63) is 47.8 Å². The zero-order valence-electron chi connectivity index (χ0n) is 14.8. The third kappa shape index (κ3) is 4.01. The van der Waals surface area contributed by atoms with Crippen molar-refractivity contribution in [3.63, 3.8) is 0 Å². The Morgan fingerprint density at radius 3 is 2.25 bits per heavy atom. The molecule has 1 atom stereocenters. The average Bonchev–Trinajstić information content (AvgIpc) is 2.99. The fourth-order valence-electron chi connectivity index (χ4n) is 2.35. The molecule has 1 heterocycles. The van der Waals surface area contributed by atoms with Gasteiger partial charge in [-0.25, -0.2) is 0 Å². The summed E-state index contributed by atoms with van der Waals surface area (Å²) in [5.74, 6) is -0.812. The van der Waals surface area contributed by atoms with Crippen molar-refractivity contribution in [2.24, 2.45) is 7.05 Å². The van der Waals surface area contributed by atoms with E-state index in [-0.39, 0.29) is 6.04 Å². The van der Waals surface area contributed by atoms with E-state index in [1.807, 2.05) is 44.4 Å². The maximum Gasteiger partial charge on any atom is 0.313 e. The molecule has 0 aliphatic rings. The maximum absolute atomic E-state index is 12.3. The number of hydrogen-bond donors (Lipinski definition) is 1. The first-order valence-electron chi connectivity index (χ1n) is 7.96. The monoisotopic (exact) mass is 328 g/mol. The van der Waals surface area contributed by atoms with Crippen molar-refractivity contribution < 1.29 is 9.59 Å². The lowest BCUT2D eigenvalue weighted by Gasteiger charge is -2.23. The number of nitrogens with one attached hydrogen (secondary N) is 1. The van der Waals surface area contributed by atoms with Crippen molar-refractivity contribution in [1.29, 1.82) is 0 Å². The molecule has 6 heteroatoms. The molecule has 2 amide bonds. The number of benzene rings is 1. The Balaban J connectivity index is 2.01. The smallest absolute Gasteiger partial charge is 0.313 e. The van der Waals surface area contributed by atoms with E-state index < -0.39 is 11.8 Å². The lowest BCUT2D eigenvalue weighted by atomic mass is 10.0. The van der Waals surface area contributed by atoms with E-state index in [0.717, 1.165) is 5.56 Å². The number of likely N-dealkylation sites (N-methyl/N-ethyl adjacent to an activating group) is 1. The Morgan fingerprint density at radius 1 is 1.12 bits per heavy atom. The summed E-state index contributed by atoms with van der Waals surface area (Å²) in [6, 6.07) is 7.29. The Hall–Kier alpha value is -2.63. The van der Waals surface area contributed by atoms with Gasteiger partial charge in [-0.2, -0.15) is 5.10 Å². The van der Waals surface area contributed by atoms with E-state index in [1.54, 1.807) is 17.9 Å². The summed E-state index contributed by atoms with van der Waals surface area (Å²) in [5, 5.41) is 6.74. The first kappa shape index (κ1) is 17.7. The summed E-state index contributed by atoms with van der Waals surface area (Å²) < 4.78 is 1.67. The van der Waals surface area contributed by atoms with E-state index in [2.05, 4.69) is 24.3 Å². The molecule has 0 bridgehead atoms. The number of aryl methyl sites for hydroxylation is 1. The molecule has 0 radical (unpaired) electrons. The Bertz CT molecular complexity index is 719. The fourth-order valence-corrected chi connectivity index (χ4v) is 2.35. The molecular formula is C18H24N4O2. The number of nitrogens with zero attached hydrogens (tertiary/aromatic N) is 3. The van der Waals surface area contributed by atoms with Gasteiger partial charge < -0.3 is 10.2 Å². The third-order valence-electron chi connectivity index (χ3n) is 4.14. The van der Waals surface area contributed by atoms with Crippen LogP contribution in [0, 0.1) is 0 Å². The molecule has 0 fully saturated rings. The van der Waals surface area contributed by atoms with Crippen molar-refractivity contribution >= 4 is 17.5 Å². The van der Waals surface area contributed by atoms with Crippen LogP contribution in [-0.2, 0) is 16.6 Å². The molecule has 0 saturated carbocycles. The van der Waals surface area contributed by atoms with E-state index in [4.69, 9.17) is 0 Å². The van der Waals surface area contributed by atoms with Gasteiger partial charge in [0.1, 0.15) is 0 Å². The molecule has 1 unspecified atom stereocenters. The SMILES string of the molecule is CC(C)c1ccc(NC(=O)C(=O)N(C)C(C)c2cnn(C)c2)cc1. The zero-order valence-corrected chi connectivity index (χ0v) is 14.8. The van der Waals surface area contributed by atoms with Gasteiger partial charge in [0, 0.05) is 31.5 Å². The summed E-state index contributed by atoms with van der Waals surface area (Å²) in [6.07, 6.45) is 3.52. The topological polar surface area (TPSA) is 67.2 Å². The average molecular weight is 328 g/mol. The highest BCUT2D eigenvalue weighted by molar-refractivity contribution is 6.39. The van der Waals surface area contributed by atoms with Crippen molar-refractivity contribution in [2.75, 3.05) is 12.4 Å². The predicted octanol–water partition coefficient (Wildman–Crippen LogP) is 2.70. The quantitative estimate of drug-likeness (QED) is 0.878. The minimum Gasteiger partial charge on any atom is -0.331 e. The molecule has 2 aromatic rings. The largest absolute Gasteiger partial charge is 0.331 e. The molecule has 0 spiro atoms. The van der Waals surface area contributed by atoms with Crippen molar-refractivity contribution in [3.8, 4) is 0 Å². The van der Waals surface area contributed by atoms with Crippen molar-refractivity contribution in [1.82, 2.24) is 14.7 Å². The van der Waals surface area contributed by atoms with Gasteiger partial charge in [0.05, 0.1) is 12.2 Å². The molecule has 2 rings (SSSR count). The Labute approximate surface area is 142 Å².